The number of hydrogen-bond acceptors (Lipinski definition) is 3. The fraction of sp³-hybridized carbons (Fsp3) is 0.200. The maximum Gasteiger partial charge on any atom is 0.416 e. The van der Waals surface area contributed by atoms with Crippen molar-refractivity contribution in [3.63, 3.8) is 0 Å². The molecule has 0 aliphatic rings. The fourth-order valence-electron chi connectivity index (χ4n) is 2.98. The summed E-state index contributed by atoms with van der Waals surface area (Å²) in [5, 5.41) is 22.6. The van der Waals surface area contributed by atoms with Crippen LogP contribution in [-0.2, 0) is 22.2 Å². The van der Waals surface area contributed by atoms with Crippen molar-refractivity contribution in [3.05, 3.63) is 71.4 Å². The van der Waals surface area contributed by atoms with Crippen LogP contribution in [0.3, 0.4) is 0 Å². The Bertz CT molecular complexity index is 1030. The Morgan fingerprint density at radius 1 is 1.07 bits per heavy atom. The van der Waals surface area contributed by atoms with Gasteiger partial charge in [-0.1, -0.05) is 30.3 Å². The first-order valence-corrected chi connectivity index (χ1v) is 8.60. The van der Waals surface area contributed by atoms with Gasteiger partial charge in [0.25, 0.3) is 5.91 Å². The van der Waals surface area contributed by atoms with Crippen LogP contribution < -0.4 is 5.32 Å². The number of aliphatic carboxylic acids is 1. The minimum atomic E-state index is -4.54. The second kappa shape index (κ2) is 7.96. The first-order chi connectivity index (χ1) is 13.7. The number of alkyl halides is 3. The minimum Gasteiger partial charge on any atom is -0.480 e. The van der Waals surface area contributed by atoms with E-state index in [1.807, 2.05) is 12.1 Å². The summed E-state index contributed by atoms with van der Waals surface area (Å²) < 4.78 is 37.9. The number of carboxylic acids is 1. The molecule has 29 heavy (non-hydrogen) atoms. The summed E-state index contributed by atoms with van der Waals surface area (Å²) >= 11 is 0. The molecule has 4 N–H and O–H groups in total. The number of rotatable bonds is 6. The maximum atomic E-state index is 12.6. The molecule has 152 valence electrons. The number of nitrogens with one attached hydrogen (secondary N) is 2. The molecule has 3 aromatic rings. The number of para-hydroxylation sites is 1. The molecule has 1 amide bonds. The van der Waals surface area contributed by atoms with Crippen LogP contribution in [0.5, 0.6) is 0 Å². The molecule has 0 radical (unpaired) electrons. The first-order valence-electron chi connectivity index (χ1n) is 8.60. The molecule has 0 fully saturated rings. The van der Waals surface area contributed by atoms with Crippen molar-refractivity contribution < 1.29 is 33.0 Å². The number of carbonyl (C=O) groups excluding carboxylic acids is 1. The number of aliphatic hydroxyl groups is 1. The van der Waals surface area contributed by atoms with Crippen LogP contribution in [0.2, 0.25) is 0 Å². The highest BCUT2D eigenvalue weighted by Gasteiger charge is 2.31. The summed E-state index contributed by atoms with van der Waals surface area (Å²) in [6, 6.07) is 9.34. The van der Waals surface area contributed by atoms with Crippen molar-refractivity contribution in [1.82, 2.24) is 10.3 Å². The van der Waals surface area contributed by atoms with Gasteiger partial charge in [0, 0.05) is 23.5 Å². The molecule has 0 spiro atoms. The number of fused-ring (bicyclic) bond motifs is 1. The summed E-state index contributed by atoms with van der Waals surface area (Å²) in [7, 11) is 0. The van der Waals surface area contributed by atoms with E-state index in [1.165, 1.54) is 0 Å². The lowest BCUT2D eigenvalue weighted by atomic mass is 10.0. The molecule has 1 heterocycles. The van der Waals surface area contributed by atoms with E-state index >= 15 is 0 Å². The van der Waals surface area contributed by atoms with Crippen LogP contribution >= 0.6 is 0 Å². The zero-order valence-electron chi connectivity index (χ0n) is 14.9. The Balaban J connectivity index is 1.73. The smallest absolute Gasteiger partial charge is 0.416 e. The highest BCUT2D eigenvalue weighted by atomic mass is 19.4. The third kappa shape index (κ3) is 4.57. The molecule has 0 aliphatic heterocycles. The standard InChI is InChI=1S/C20H17F3N2O4/c21-20(22,23)13-7-5-11(6-8-13)17(26)18(27)25-16(19(28)29)9-12-10-24-15-4-2-1-3-14(12)15/h1-8,10,16-17,24,26H,9H2,(H,25,27)(H,28,29)/t16-,17-/m0/s1. The van der Waals surface area contributed by atoms with Crippen LogP contribution in [0.1, 0.15) is 22.8 Å². The number of halogens is 3. The molecule has 6 nitrogen and oxygen atoms in total. The lowest BCUT2D eigenvalue weighted by molar-refractivity contribution is -0.143. The van der Waals surface area contributed by atoms with Gasteiger partial charge >= 0.3 is 12.1 Å². The average molecular weight is 406 g/mol. The van der Waals surface area contributed by atoms with Crippen LogP contribution in [0.15, 0.2) is 54.7 Å². The molecular weight excluding hydrogens is 389 g/mol. The van der Waals surface area contributed by atoms with Crippen LogP contribution in [-0.4, -0.2) is 33.1 Å². The predicted octanol–water partition coefficient (Wildman–Crippen LogP) is 3.03. The van der Waals surface area contributed by atoms with Gasteiger partial charge in [-0.15, -0.1) is 0 Å². The van der Waals surface area contributed by atoms with Gasteiger partial charge in [0.15, 0.2) is 6.10 Å². The quantitative estimate of drug-likeness (QED) is 0.505. The van der Waals surface area contributed by atoms with Crippen LogP contribution in [0.4, 0.5) is 13.2 Å². The van der Waals surface area contributed by atoms with Gasteiger partial charge in [0.1, 0.15) is 6.04 Å². The molecular formula is C20H17F3N2O4. The molecule has 0 saturated heterocycles. The largest absolute Gasteiger partial charge is 0.480 e. The summed E-state index contributed by atoms with van der Waals surface area (Å²) in [4.78, 5) is 26.9. The van der Waals surface area contributed by atoms with Crippen molar-refractivity contribution in [2.45, 2.75) is 24.7 Å². The molecule has 0 unspecified atom stereocenters. The van der Waals surface area contributed by atoms with Gasteiger partial charge in [-0.05, 0) is 29.3 Å². The zero-order valence-corrected chi connectivity index (χ0v) is 14.9. The molecule has 9 heteroatoms. The third-order valence-electron chi connectivity index (χ3n) is 4.52. The van der Waals surface area contributed by atoms with E-state index in [1.54, 1.807) is 18.3 Å². The van der Waals surface area contributed by atoms with Crippen molar-refractivity contribution in [2.24, 2.45) is 0 Å². The topological polar surface area (TPSA) is 102 Å². The highest BCUT2D eigenvalue weighted by Crippen LogP contribution is 2.30. The van der Waals surface area contributed by atoms with Crippen molar-refractivity contribution in [1.29, 1.82) is 0 Å². The van der Waals surface area contributed by atoms with E-state index < -0.39 is 35.8 Å². The normalized spacial score (nSPS) is 13.8. The fourth-order valence-corrected chi connectivity index (χ4v) is 2.98. The van der Waals surface area contributed by atoms with Crippen LogP contribution in [0, 0.1) is 0 Å². The second-order valence-electron chi connectivity index (χ2n) is 6.49. The molecule has 0 bridgehead atoms. The van der Waals surface area contributed by atoms with E-state index in [-0.39, 0.29) is 12.0 Å². The number of amides is 1. The monoisotopic (exact) mass is 406 g/mol. The van der Waals surface area contributed by atoms with E-state index in [4.69, 9.17) is 0 Å². The number of aromatic nitrogens is 1. The number of aromatic amines is 1. The summed E-state index contributed by atoms with van der Waals surface area (Å²) in [5.41, 5.74) is 0.475. The maximum absolute atomic E-state index is 12.6. The Morgan fingerprint density at radius 3 is 2.34 bits per heavy atom. The number of aliphatic hydroxyl groups excluding tert-OH is 1. The molecule has 2 aromatic carbocycles. The molecule has 0 saturated carbocycles. The minimum absolute atomic E-state index is 0.0369. The Labute approximate surface area is 163 Å². The lowest BCUT2D eigenvalue weighted by Crippen LogP contribution is -2.44. The predicted molar refractivity (Wildman–Crippen MR) is 98.0 cm³/mol. The highest BCUT2D eigenvalue weighted by molar-refractivity contribution is 5.88. The van der Waals surface area contributed by atoms with Gasteiger partial charge in [-0.2, -0.15) is 13.2 Å². The molecule has 1 aromatic heterocycles. The third-order valence-corrected chi connectivity index (χ3v) is 4.52. The van der Waals surface area contributed by atoms with Crippen molar-refractivity contribution in [2.75, 3.05) is 0 Å². The van der Waals surface area contributed by atoms with Crippen LogP contribution in [0.25, 0.3) is 10.9 Å². The Hall–Kier alpha value is -3.33. The first kappa shape index (κ1) is 20.4. The van der Waals surface area contributed by atoms with E-state index in [2.05, 4.69) is 10.3 Å². The lowest BCUT2D eigenvalue weighted by Gasteiger charge is -2.18. The Kier molecular flexibility index (Phi) is 5.60. The number of benzene rings is 2. The van der Waals surface area contributed by atoms with Crippen molar-refractivity contribution in [3.8, 4) is 0 Å². The Morgan fingerprint density at radius 2 is 1.72 bits per heavy atom. The van der Waals surface area contributed by atoms with Gasteiger partial charge in [0.2, 0.25) is 0 Å². The van der Waals surface area contributed by atoms with Gasteiger partial charge < -0.3 is 20.5 Å². The molecule has 2 atom stereocenters. The summed E-state index contributed by atoms with van der Waals surface area (Å²) in [6.07, 6.45) is -4.74. The SMILES string of the molecule is O=C(O)[C@H](Cc1c[nH]c2ccccc12)NC(=O)[C@@H](O)c1ccc(C(F)(F)F)cc1. The summed E-state index contributed by atoms with van der Waals surface area (Å²) in [5.74, 6) is -2.32. The van der Waals surface area contributed by atoms with Gasteiger partial charge in [0.05, 0.1) is 5.56 Å². The summed E-state index contributed by atoms with van der Waals surface area (Å²) in [6.45, 7) is 0. The molecule has 3 rings (SSSR count). The van der Waals surface area contributed by atoms with E-state index in [0.717, 1.165) is 35.2 Å². The van der Waals surface area contributed by atoms with Gasteiger partial charge in [-0.3, -0.25) is 4.79 Å². The second-order valence-corrected chi connectivity index (χ2v) is 6.49. The number of hydrogen-bond donors (Lipinski definition) is 4. The zero-order chi connectivity index (χ0) is 21.2. The van der Waals surface area contributed by atoms with Crippen molar-refractivity contribution >= 4 is 22.8 Å². The number of carbonyl (C=O) groups is 2. The average Bonchev–Trinajstić information content (AvgIpc) is 3.09. The molecule has 0 aliphatic carbocycles. The van der Waals surface area contributed by atoms with E-state index in [0.29, 0.717) is 5.56 Å². The number of H-pyrrole nitrogens is 1. The van der Waals surface area contributed by atoms with Gasteiger partial charge in [-0.25, -0.2) is 4.79 Å². The number of carboxylic acid groups (broad SMARTS) is 1. The van der Waals surface area contributed by atoms with E-state index in [9.17, 15) is 33.0 Å².